The van der Waals surface area contributed by atoms with Crippen LogP contribution in [0, 0.1) is 0 Å². The summed E-state index contributed by atoms with van der Waals surface area (Å²) in [6.45, 7) is 6.88. The molecule has 0 radical (unpaired) electrons. The van der Waals surface area contributed by atoms with Crippen molar-refractivity contribution in [2.45, 2.75) is 360 Å². The summed E-state index contributed by atoms with van der Waals surface area (Å²) in [6.07, 6.45) is 74.1. The molecule has 10 heteroatoms. The van der Waals surface area contributed by atoms with E-state index in [0.29, 0.717) is 17.4 Å². The predicted octanol–water partition coefficient (Wildman–Crippen LogP) is 21.2. The van der Waals surface area contributed by atoms with Crippen LogP contribution in [-0.2, 0) is 27.9 Å². The first-order valence-electron chi connectivity index (χ1n) is 34.8. The molecule has 0 spiro atoms. The Morgan fingerprint density at radius 1 is 0.425 bits per heavy atom. The monoisotopic (exact) mass is 1150 g/mol. The molecule has 0 aromatic heterocycles. The number of carbonyl (C=O) groups is 2. The third-order valence-electron chi connectivity index (χ3n) is 15.8. The third-order valence-corrected chi connectivity index (χ3v) is 16.8. The highest BCUT2D eigenvalue weighted by Crippen LogP contribution is 2.38. The number of likely N-dealkylation sites (N-methyl/N-ethyl adjacent to an activating group) is 1. The molecule has 0 bridgehead atoms. The minimum atomic E-state index is -4.70. The quantitative estimate of drug-likeness (QED) is 0.0212. The Morgan fingerprint density at radius 3 is 1.06 bits per heavy atom. The molecule has 0 heterocycles. The second-order valence-electron chi connectivity index (χ2n) is 25.0. The number of rotatable bonds is 64. The zero-order valence-electron chi connectivity index (χ0n) is 54.1. The molecule has 0 aliphatic heterocycles. The predicted molar refractivity (Wildman–Crippen MR) is 344 cm³/mol. The molecule has 0 rings (SSSR count). The van der Waals surface area contributed by atoms with Gasteiger partial charge in [0.15, 0.2) is 0 Å². The van der Waals surface area contributed by atoms with E-state index in [1.54, 1.807) is 0 Å². The zero-order chi connectivity index (χ0) is 58.6. The fourth-order valence-electron chi connectivity index (χ4n) is 10.4. The van der Waals surface area contributed by atoms with Crippen LogP contribution in [0.5, 0.6) is 0 Å². The fourth-order valence-corrected chi connectivity index (χ4v) is 11.1. The summed E-state index contributed by atoms with van der Waals surface area (Å²) < 4.78 is 30.4. The van der Waals surface area contributed by atoms with Crippen molar-refractivity contribution in [3.63, 3.8) is 0 Å². The van der Waals surface area contributed by atoms with E-state index >= 15 is 0 Å². The molecule has 0 aromatic carbocycles. The molecule has 472 valence electrons. The van der Waals surface area contributed by atoms with Gasteiger partial charge in [-0.25, -0.2) is 0 Å². The lowest BCUT2D eigenvalue weighted by Crippen LogP contribution is -2.47. The van der Waals surface area contributed by atoms with Crippen molar-refractivity contribution < 1.29 is 37.3 Å². The number of nitrogens with one attached hydrogen (secondary N) is 1. The molecule has 80 heavy (non-hydrogen) atoms. The first-order valence-corrected chi connectivity index (χ1v) is 36.3. The number of phosphoric ester groups is 1. The normalized spacial score (nSPS) is 13.7. The largest absolute Gasteiger partial charge is 0.756 e. The molecule has 9 nitrogen and oxygen atoms in total. The second kappa shape index (κ2) is 60.4. The van der Waals surface area contributed by atoms with Crippen LogP contribution >= 0.6 is 7.82 Å². The summed E-state index contributed by atoms with van der Waals surface area (Å²) in [4.78, 5) is 40.1. The van der Waals surface area contributed by atoms with Gasteiger partial charge in [-0.3, -0.25) is 14.2 Å². The molecule has 3 atom stereocenters. The number of allylic oxidation sites excluding steroid dienone is 5. The SMILES string of the molecule is CCCCCCCC/C=C/CCCCCCCCCCCCCCCCCC(=O)NC(COP(=O)([O-])OCC[N+](C)(C)C)C(/C=C\CCCCCCCCCCCC)OC(=O)CCCCCCCCC/C=C/CCCCCCCC. The summed E-state index contributed by atoms with van der Waals surface area (Å²) in [5, 5.41) is 3.04. The van der Waals surface area contributed by atoms with E-state index in [-0.39, 0.29) is 31.5 Å². The van der Waals surface area contributed by atoms with Crippen LogP contribution < -0.4 is 10.2 Å². The number of phosphoric acid groups is 1. The van der Waals surface area contributed by atoms with Gasteiger partial charge in [-0.1, -0.05) is 289 Å². The fraction of sp³-hybridized carbons (Fsp3) is 0.886. The summed E-state index contributed by atoms with van der Waals surface area (Å²) in [6, 6.07) is -0.887. The van der Waals surface area contributed by atoms with Gasteiger partial charge in [-0.05, 0) is 83.1 Å². The van der Waals surface area contributed by atoms with Gasteiger partial charge in [0.2, 0.25) is 5.91 Å². The van der Waals surface area contributed by atoms with Crippen LogP contribution in [0.15, 0.2) is 36.5 Å². The van der Waals surface area contributed by atoms with Crippen LogP contribution in [0.3, 0.4) is 0 Å². The molecule has 0 saturated carbocycles. The van der Waals surface area contributed by atoms with Gasteiger partial charge in [-0.2, -0.15) is 0 Å². The zero-order valence-corrected chi connectivity index (χ0v) is 54.9. The molecule has 0 aromatic rings. The van der Waals surface area contributed by atoms with Crippen molar-refractivity contribution in [3.05, 3.63) is 36.5 Å². The lowest BCUT2D eigenvalue weighted by molar-refractivity contribution is -0.870. The molecule has 1 amide bonds. The minimum absolute atomic E-state index is 0.0205. The van der Waals surface area contributed by atoms with Gasteiger partial charge in [0.1, 0.15) is 19.3 Å². The van der Waals surface area contributed by atoms with Crippen molar-refractivity contribution in [3.8, 4) is 0 Å². The molecule has 1 N–H and O–H groups in total. The van der Waals surface area contributed by atoms with Gasteiger partial charge in [-0.15, -0.1) is 0 Å². The van der Waals surface area contributed by atoms with E-state index in [1.807, 2.05) is 33.3 Å². The molecule has 0 aliphatic rings. The van der Waals surface area contributed by atoms with Crippen LogP contribution in [0.2, 0.25) is 0 Å². The smallest absolute Gasteiger partial charge is 0.306 e. The van der Waals surface area contributed by atoms with Crippen LogP contribution in [0.25, 0.3) is 0 Å². The average molecular weight is 1150 g/mol. The molecule has 3 unspecified atom stereocenters. The Morgan fingerprint density at radius 2 is 0.725 bits per heavy atom. The highest BCUT2D eigenvalue weighted by Gasteiger charge is 2.27. The standard InChI is InChI=1S/C70H135N2O7P/c1-7-10-13-16-19-22-25-28-30-32-33-34-35-36-37-38-39-41-42-44-47-50-53-56-59-62-69(73)71-67(66-78-80(75,76)77-65-64-72(4,5)6)68(61-58-55-52-49-46-27-24-21-18-15-12-9-3)79-70(74)63-60-57-54-51-48-45-43-40-31-29-26-23-20-17-14-11-8-2/h28-31,58,61,67-68H,7-27,32-57,59-60,62-66H2,1-6H3,(H-,71,73,75,76)/b30-28+,31-29+,61-58-. The number of quaternary nitrogens is 1. The number of ether oxygens (including phenoxy) is 1. The van der Waals surface area contributed by atoms with Crippen molar-refractivity contribution in [2.75, 3.05) is 40.9 Å². The summed E-state index contributed by atoms with van der Waals surface area (Å²) in [7, 11) is 1.20. The van der Waals surface area contributed by atoms with Gasteiger partial charge in [0.05, 0.1) is 33.8 Å². The number of amides is 1. The number of hydrogen-bond donors (Lipinski definition) is 1. The van der Waals surface area contributed by atoms with Crippen molar-refractivity contribution >= 4 is 19.7 Å². The Labute approximate surface area is 497 Å². The molecular formula is C70H135N2O7P. The second-order valence-corrected chi connectivity index (χ2v) is 26.4. The van der Waals surface area contributed by atoms with E-state index in [4.69, 9.17) is 13.8 Å². The van der Waals surface area contributed by atoms with E-state index in [0.717, 1.165) is 70.6 Å². The Hall–Kier alpha value is -1.77. The Bertz CT molecular complexity index is 1460. The van der Waals surface area contributed by atoms with E-state index < -0.39 is 20.0 Å². The van der Waals surface area contributed by atoms with E-state index in [2.05, 4.69) is 50.4 Å². The minimum Gasteiger partial charge on any atom is -0.756 e. The first kappa shape index (κ1) is 78.2. The summed E-state index contributed by atoms with van der Waals surface area (Å²) in [5.74, 6) is -0.529. The summed E-state index contributed by atoms with van der Waals surface area (Å²) in [5.41, 5.74) is 0. The van der Waals surface area contributed by atoms with E-state index in [9.17, 15) is 19.0 Å². The van der Waals surface area contributed by atoms with Crippen LogP contribution in [-0.4, -0.2) is 69.4 Å². The molecular weight excluding hydrogens is 1010 g/mol. The topological polar surface area (TPSA) is 114 Å². The van der Waals surface area contributed by atoms with Crippen LogP contribution in [0.4, 0.5) is 0 Å². The van der Waals surface area contributed by atoms with Crippen molar-refractivity contribution in [1.82, 2.24) is 5.32 Å². The average Bonchev–Trinajstić information content (AvgIpc) is 3.42. The van der Waals surface area contributed by atoms with Gasteiger partial charge < -0.3 is 28.5 Å². The number of esters is 1. The number of carbonyl (C=O) groups excluding carboxylic acids is 2. The highest BCUT2D eigenvalue weighted by molar-refractivity contribution is 7.45. The number of unbranched alkanes of at least 4 members (excludes halogenated alkanes) is 44. The third kappa shape index (κ3) is 60.8. The maximum atomic E-state index is 13.6. The van der Waals surface area contributed by atoms with Gasteiger partial charge in [0, 0.05) is 12.8 Å². The number of hydrogen-bond acceptors (Lipinski definition) is 7. The highest BCUT2D eigenvalue weighted by atomic mass is 31.2. The number of nitrogens with zero attached hydrogens (tertiary/aromatic N) is 1. The maximum absolute atomic E-state index is 13.6. The molecule has 0 aliphatic carbocycles. The van der Waals surface area contributed by atoms with Gasteiger partial charge in [0.25, 0.3) is 7.82 Å². The maximum Gasteiger partial charge on any atom is 0.306 e. The Kier molecular flexibility index (Phi) is 59.0. The van der Waals surface area contributed by atoms with E-state index in [1.165, 1.54) is 244 Å². The Balaban J connectivity index is 5.04. The van der Waals surface area contributed by atoms with Crippen LogP contribution in [0.1, 0.15) is 348 Å². The van der Waals surface area contributed by atoms with Crippen molar-refractivity contribution in [1.29, 1.82) is 0 Å². The first-order chi connectivity index (χ1) is 38.9. The lowest BCUT2D eigenvalue weighted by Gasteiger charge is -2.30. The van der Waals surface area contributed by atoms with Gasteiger partial charge >= 0.3 is 5.97 Å². The summed E-state index contributed by atoms with van der Waals surface area (Å²) >= 11 is 0. The molecule has 0 saturated heterocycles. The van der Waals surface area contributed by atoms with Crippen molar-refractivity contribution in [2.24, 2.45) is 0 Å². The lowest BCUT2D eigenvalue weighted by atomic mass is 10.0. The molecule has 0 fully saturated rings.